The molecule has 0 radical (unpaired) electrons. The maximum atomic E-state index is 9.86. The van der Waals surface area contributed by atoms with E-state index in [1.807, 2.05) is 20.8 Å². The molecule has 0 spiro atoms. The molecule has 1 aliphatic heterocycles. The van der Waals surface area contributed by atoms with E-state index in [2.05, 4.69) is 13.0 Å². The lowest BCUT2D eigenvalue weighted by Crippen LogP contribution is -2.32. The first-order chi connectivity index (χ1) is 6.02. The quantitative estimate of drug-likeness (QED) is 0.666. The van der Waals surface area contributed by atoms with Crippen molar-refractivity contribution in [3.8, 4) is 0 Å². The Hall–Kier alpha value is -0.340. The third-order valence-electron chi connectivity index (χ3n) is 2.56. The highest BCUT2D eigenvalue weighted by Gasteiger charge is 2.25. The van der Waals surface area contributed by atoms with Crippen molar-refractivity contribution in [1.29, 1.82) is 0 Å². The fraction of sp³-hybridized carbons (Fsp3) is 0.818. The minimum Gasteiger partial charge on any atom is -0.388 e. The van der Waals surface area contributed by atoms with Gasteiger partial charge in [0.2, 0.25) is 0 Å². The Morgan fingerprint density at radius 3 is 2.54 bits per heavy atom. The number of aliphatic hydroxyl groups excluding tert-OH is 1. The molecule has 0 amide bonds. The fourth-order valence-corrected chi connectivity index (χ4v) is 1.70. The summed E-state index contributed by atoms with van der Waals surface area (Å²) in [6.07, 6.45) is 3.06. The third kappa shape index (κ3) is 2.55. The average Bonchev–Trinajstić information content (AvgIpc) is 2.03. The van der Waals surface area contributed by atoms with Crippen molar-refractivity contribution in [2.24, 2.45) is 5.92 Å². The molecule has 13 heavy (non-hydrogen) atoms. The van der Waals surface area contributed by atoms with E-state index in [0.717, 1.165) is 12.0 Å². The van der Waals surface area contributed by atoms with E-state index in [-0.39, 0.29) is 24.2 Å². The molecule has 2 nitrogen and oxygen atoms in total. The molecule has 1 aliphatic rings. The van der Waals surface area contributed by atoms with Gasteiger partial charge in [0.15, 0.2) is 0 Å². The largest absolute Gasteiger partial charge is 0.388 e. The number of ether oxygens (including phenoxy) is 1. The van der Waals surface area contributed by atoms with E-state index in [4.69, 9.17) is 4.74 Å². The van der Waals surface area contributed by atoms with Gasteiger partial charge in [-0.1, -0.05) is 19.9 Å². The molecule has 0 saturated carbocycles. The normalized spacial score (nSPS) is 31.7. The van der Waals surface area contributed by atoms with Crippen LogP contribution in [0.5, 0.6) is 0 Å². The van der Waals surface area contributed by atoms with E-state index in [0.29, 0.717) is 0 Å². The molecule has 0 aromatic heterocycles. The van der Waals surface area contributed by atoms with E-state index >= 15 is 0 Å². The van der Waals surface area contributed by atoms with Gasteiger partial charge in [-0.05, 0) is 31.8 Å². The van der Waals surface area contributed by atoms with Crippen molar-refractivity contribution in [2.45, 2.75) is 52.4 Å². The maximum Gasteiger partial charge on any atom is 0.0797 e. The van der Waals surface area contributed by atoms with Gasteiger partial charge >= 0.3 is 0 Å². The summed E-state index contributed by atoms with van der Waals surface area (Å²) in [6, 6.07) is 0. The van der Waals surface area contributed by atoms with Gasteiger partial charge in [0.25, 0.3) is 0 Å². The second-order valence-electron chi connectivity index (χ2n) is 4.22. The zero-order valence-electron chi connectivity index (χ0n) is 8.95. The van der Waals surface area contributed by atoms with Crippen LogP contribution < -0.4 is 0 Å². The minimum absolute atomic E-state index is 0.0705. The van der Waals surface area contributed by atoms with Crippen LogP contribution in [0.15, 0.2) is 11.6 Å². The fourth-order valence-electron chi connectivity index (χ4n) is 1.70. The summed E-state index contributed by atoms with van der Waals surface area (Å²) in [5.74, 6) is 0.269. The summed E-state index contributed by atoms with van der Waals surface area (Å²) in [6.45, 7) is 8.12. The second-order valence-corrected chi connectivity index (χ2v) is 4.22. The van der Waals surface area contributed by atoms with Gasteiger partial charge in [-0.2, -0.15) is 0 Å². The smallest absolute Gasteiger partial charge is 0.0797 e. The number of rotatable bonds is 2. The van der Waals surface area contributed by atoms with Crippen molar-refractivity contribution in [3.63, 3.8) is 0 Å². The van der Waals surface area contributed by atoms with Crippen LogP contribution in [0.4, 0.5) is 0 Å². The van der Waals surface area contributed by atoms with Crippen LogP contribution in [-0.4, -0.2) is 23.4 Å². The van der Waals surface area contributed by atoms with Gasteiger partial charge < -0.3 is 9.84 Å². The van der Waals surface area contributed by atoms with Gasteiger partial charge in [-0.15, -0.1) is 0 Å². The number of hydrogen-bond donors (Lipinski definition) is 1. The molecule has 0 aromatic rings. The first-order valence-corrected chi connectivity index (χ1v) is 5.05. The van der Waals surface area contributed by atoms with Gasteiger partial charge in [0, 0.05) is 0 Å². The summed E-state index contributed by atoms with van der Waals surface area (Å²) in [7, 11) is 0. The van der Waals surface area contributed by atoms with Crippen LogP contribution in [0.2, 0.25) is 0 Å². The average molecular weight is 184 g/mol. The third-order valence-corrected chi connectivity index (χ3v) is 2.56. The second kappa shape index (κ2) is 4.25. The summed E-state index contributed by atoms with van der Waals surface area (Å²) in [4.78, 5) is 0. The van der Waals surface area contributed by atoms with Gasteiger partial charge in [0.05, 0.1) is 18.3 Å². The van der Waals surface area contributed by atoms with Crippen molar-refractivity contribution in [2.75, 3.05) is 0 Å². The maximum absolute atomic E-state index is 9.86. The summed E-state index contributed by atoms with van der Waals surface area (Å²) >= 11 is 0. The van der Waals surface area contributed by atoms with E-state index in [1.165, 1.54) is 0 Å². The zero-order chi connectivity index (χ0) is 10.0. The Labute approximate surface area is 80.6 Å². The van der Waals surface area contributed by atoms with Crippen LogP contribution in [-0.2, 0) is 4.74 Å². The summed E-state index contributed by atoms with van der Waals surface area (Å²) in [5, 5.41) is 9.86. The van der Waals surface area contributed by atoms with Crippen LogP contribution in [0.25, 0.3) is 0 Å². The molecule has 1 rings (SSSR count). The van der Waals surface area contributed by atoms with Crippen molar-refractivity contribution < 1.29 is 9.84 Å². The summed E-state index contributed by atoms with van der Waals surface area (Å²) in [5.41, 5.74) is 1.05. The van der Waals surface area contributed by atoms with Crippen molar-refractivity contribution >= 4 is 0 Å². The molecule has 0 aliphatic carbocycles. The van der Waals surface area contributed by atoms with Crippen LogP contribution in [0.3, 0.4) is 0 Å². The molecule has 76 valence electrons. The predicted octanol–water partition coefficient (Wildman–Crippen LogP) is 2.13. The Morgan fingerprint density at radius 1 is 1.46 bits per heavy atom. The number of aliphatic hydroxyl groups is 1. The molecular weight excluding hydrogens is 164 g/mol. The highest BCUT2D eigenvalue weighted by molar-refractivity contribution is 5.16. The first-order valence-electron chi connectivity index (χ1n) is 5.05. The summed E-state index contributed by atoms with van der Waals surface area (Å²) < 4.78 is 5.64. The van der Waals surface area contributed by atoms with E-state index < -0.39 is 0 Å². The first kappa shape index (κ1) is 10.7. The lowest BCUT2D eigenvalue weighted by molar-refractivity contribution is 0.000654. The lowest BCUT2D eigenvalue weighted by atomic mass is 9.92. The van der Waals surface area contributed by atoms with Crippen LogP contribution >= 0.6 is 0 Å². The molecule has 3 atom stereocenters. The Morgan fingerprint density at radius 2 is 2.08 bits per heavy atom. The van der Waals surface area contributed by atoms with Gasteiger partial charge in [-0.25, -0.2) is 0 Å². The van der Waals surface area contributed by atoms with Crippen molar-refractivity contribution in [3.05, 3.63) is 11.6 Å². The molecule has 1 heterocycles. The van der Waals surface area contributed by atoms with Crippen molar-refractivity contribution in [1.82, 2.24) is 0 Å². The molecular formula is C11H20O2. The molecule has 1 N–H and O–H groups in total. The predicted molar refractivity (Wildman–Crippen MR) is 53.6 cm³/mol. The van der Waals surface area contributed by atoms with E-state index in [1.54, 1.807) is 0 Å². The highest BCUT2D eigenvalue weighted by atomic mass is 16.5. The molecule has 0 bridgehead atoms. The molecule has 3 unspecified atom stereocenters. The minimum atomic E-state index is -0.345. The SMILES string of the molecule is CC1CC=C(C(O)C(C)C)C(C)O1. The van der Waals surface area contributed by atoms with Crippen LogP contribution in [0, 0.1) is 5.92 Å². The molecule has 0 aromatic carbocycles. The van der Waals surface area contributed by atoms with Gasteiger partial charge in [-0.3, -0.25) is 0 Å². The van der Waals surface area contributed by atoms with Crippen LogP contribution in [0.1, 0.15) is 34.1 Å². The Kier molecular flexibility index (Phi) is 3.51. The molecule has 2 heteroatoms. The highest BCUT2D eigenvalue weighted by Crippen LogP contribution is 2.24. The Bertz CT molecular complexity index is 196. The molecule has 0 fully saturated rings. The zero-order valence-corrected chi connectivity index (χ0v) is 8.95. The Balaban J connectivity index is 2.68. The molecule has 0 saturated heterocycles. The van der Waals surface area contributed by atoms with Gasteiger partial charge in [0.1, 0.15) is 0 Å². The number of hydrogen-bond acceptors (Lipinski definition) is 2. The topological polar surface area (TPSA) is 29.5 Å². The lowest BCUT2D eigenvalue weighted by Gasteiger charge is -2.30. The van der Waals surface area contributed by atoms with E-state index in [9.17, 15) is 5.11 Å². The standard InChI is InChI=1S/C11H20O2/c1-7(2)11(12)10-6-5-8(3)13-9(10)4/h6-9,11-12H,5H2,1-4H3. The monoisotopic (exact) mass is 184 g/mol.